The molecule has 1 aromatic carbocycles. The Morgan fingerprint density at radius 3 is 2.79 bits per heavy atom. The van der Waals surface area contributed by atoms with Crippen molar-refractivity contribution < 1.29 is 0 Å². The molecule has 1 heterocycles. The lowest BCUT2D eigenvalue weighted by atomic mass is 10.1. The van der Waals surface area contributed by atoms with Gasteiger partial charge in [0.05, 0.1) is 0 Å². The average molecular weight is 276 g/mol. The van der Waals surface area contributed by atoms with Crippen LogP contribution in [0.3, 0.4) is 0 Å². The molecule has 0 aliphatic rings. The smallest absolute Gasteiger partial charge is 0.253 e. The Hall–Kier alpha value is -1.79. The number of nitrogen functional groups attached to an aromatic ring is 1. The van der Waals surface area contributed by atoms with Gasteiger partial charge in [0.1, 0.15) is 5.82 Å². The van der Waals surface area contributed by atoms with Crippen LogP contribution in [0.1, 0.15) is 16.4 Å². The second-order valence-corrected chi connectivity index (χ2v) is 5.37. The van der Waals surface area contributed by atoms with Crippen molar-refractivity contribution in [3.63, 3.8) is 0 Å². The molecule has 0 aliphatic carbocycles. The summed E-state index contributed by atoms with van der Waals surface area (Å²) in [6, 6.07) is 9.28. The summed E-state index contributed by atoms with van der Waals surface area (Å²) in [6.07, 6.45) is 0. The first-order valence-corrected chi connectivity index (χ1v) is 6.77. The molecule has 100 valence electrons. The highest BCUT2D eigenvalue weighted by molar-refractivity contribution is 7.99. The van der Waals surface area contributed by atoms with Gasteiger partial charge in [-0.2, -0.15) is 0 Å². The maximum atomic E-state index is 11.4. The molecule has 0 aliphatic heterocycles. The maximum absolute atomic E-state index is 11.4. The van der Waals surface area contributed by atoms with Gasteiger partial charge in [-0.1, -0.05) is 36.0 Å². The minimum atomic E-state index is -0.254. The number of rotatable bonds is 4. The van der Waals surface area contributed by atoms with Gasteiger partial charge in [0.25, 0.3) is 5.56 Å². The molecule has 5 N–H and O–H groups in total. The van der Waals surface area contributed by atoms with E-state index in [9.17, 15) is 4.79 Å². The number of hydrogen-bond donors (Lipinski definition) is 3. The molecule has 6 heteroatoms. The Balaban J connectivity index is 2.29. The minimum absolute atomic E-state index is 0.0335. The van der Waals surface area contributed by atoms with E-state index >= 15 is 0 Å². The van der Waals surface area contributed by atoms with Crippen molar-refractivity contribution in [3.8, 4) is 0 Å². The van der Waals surface area contributed by atoms with Crippen LogP contribution in [-0.4, -0.2) is 16.5 Å². The minimum Gasteiger partial charge on any atom is -0.383 e. The number of anilines is 1. The molecule has 1 aromatic heterocycles. The molecular formula is C13H16N4OS. The van der Waals surface area contributed by atoms with Gasteiger partial charge < -0.3 is 16.5 Å². The van der Waals surface area contributed by atoms with E-state index in [0.717, 1.165) is 11.1 Å². The van der Waals surface area contributed by atoms with Gasteiger partial charge in [-0.15, -0.1) is 0 Å². The summed E-state index contributed by atoms with van der Waals surface area (Å²) < 4.78 is 0. The van der Waals surface area contributed by atoms with Gasteiger partial charge in [0.15, 0.2) is 5.16 Å². The lowest BCUT2D eigenvalue weighted by Crippen LogP contribution is -2.14. The third-order valence-corrected chi connectivity index (χ3v) is 3.89. The van der Waals surface area contributed by atoms with E-state index in [0.29, 0.717) is 11.7 Å². The lowest BCUT2D eigenvalue weighted by molar-refractivity contribution is 0.896. The summed E-state index contributed by atoms with van der Waals surface area (Å²) in [7, 11) is 0. The number of nitrogens with two attached hydrogens (primary N) is 2. The number of aromatic nitrogens is 2. The molecule has 5 nitrogen and oxygen atoms in total. The van der Waals surface area contributed by atoms with E-state index in [1.54, 1.807) is 0 Å². The van der Waals surface area contributed by atoms with Crippen LogP contribution < -0.4 is 17.0 Å². The van der Waals surface area contributed by atoms with E-state index in [1.807, 2.05) is 31.2 Å². The number of H-pyrrole nitrogens is 1. The van der Waals surface area contributed by atoms with Crippen LogP contribution in [0, 0.1) is 6.92 Å². The summed E-state index contributed by atoms with van der Waals surface area (Å²) in [6.45, 7) is 2.49. The van der Waals surface area contributed by atoms with Gasteiger partial charge in [-0.3, -0.25) is 4.79 Å². The first kappa shape index (κ1) is 13.6. The Labute approximate surface area is 115 Å². The number of nitrogens with one attached hydrogen (secondary N) is 1. The van der Waals surface area contributed by atoms with Crippen LogP contribution in [0.15, 0.2) is 40.3 Å². The highest BCUT2D eigenvalue weighted by atomic mass is 32.2. The first-order valence-electron chi connectivity index (χ1n) is 5.89. The molecule has 1 atom stereocenters. The summed E-state index contributed by atoms with van der Waals surface area (Å²) in [5, 5.41) is 0.523. The fourth-order valence-electron chi connectivity index (χ4n) is 1.83. The topological polar surface area (TPSA) is 97.8 Å². The number of aryl methyl sites for hydroxylation is 1. The van der Waals surface area contributed by atoms with E-state index in [1.165, 1.54) is 17.8 Å². The Morgan fingerprint density at radius 2 is 2.16 bits per heavy atom. The molecule has 2 rings (SSSR count). The second-order valence-electron chi connectivity index (χ2n) is 4.17. The molecule has 1 unspecified atom stereocenters. The van der Waals surface area contributed by atoms with Gasteiger partial charge in [-0.25, -0.2) is 4.98 Å². The zero-order chi connectivity index (χ0) is 13.8. The second kappa shape index (κ2) is 5.90. The SMILES string of the molecule is Cc1ccccc1C(CN)Sc1nc(N)cc(=O)[nH]1. The van der Waals surface area contributed by atoms with Gasteiger partial charge in [0, 0.05) is 17.9 Å². The quantitative estimate of drug-likeness (QED) is 0.580. The van der Waals surface area contributed by atoms with Crippen LogP contribution in [0.4, 0.5) is 5.82 Å². The van der Waals surface area contributed by atoms with Crippen LogP contribution >= 0.6 is 11.8 Å². The standard InChI is InChI=1S/C13H16N4OS/c1-8-4-2-3-5-9(8)10(7-14)19-13-16-11(15)6-12(18)17-13/h2-6,10H,7,14H2,1H3,(H3,15,16,17,18). The Bertz CT molecular complexity index is 626. The summed E-state index contributed by atoms with van der Waals surface area (Å²) in [5.74, 6) is 0.215. The third-order valence-electron chi connectivity index (χ3n) is 2.74. The molecule has 0 bridgehead atoms. The summed E-state index contributed by atoms with van der Waals surface area (Å²) in [5.41, 5.74) is 13.4. The highest BCUT2D eigenvalue weighted by Crippen LogP contribution is 2.33. The highest BCUT2D eigenvalue weighted by Gasteiger charge is 2.15. The van der Waals surface area contributed by atoms with Crippen LogP contribution in [-0.2, 0) is 0 Å². The number of hydrogen-bond acceptors (Lipinski definition) is 5. The fourth-order valence-corrected chi connectivity index (χ4v) is 2.91. The first-order chi connectivity index (χ1) is 9.10. The van der Waals surface area contributed by atoms with Crippen LogP contribution in [0.5, 0.6) is 0 Å². The van der Waals surface area contributed by atoms with E-state index in [4.69, 9.17) is 11.5 Å². The van der Waals surface area contributed by atoms with Crippen molar-refractivity contribution >= 4 is 17.6 Å². The number of thioether (sulfide) groups is 1. The van der Waals surface area contributed by atoms with Crippen molar-refractivity contribution in [2.45, 2.75) is 17.3 Å². The van der Waals surface area contributed by atoms with Crippen molar-refractivity contribution in [1.29, 1.82) is 0 Å². The zero-order valence-electron chi connectivity index (χ0n) is 10.6. The molecule has 0 saturated heterocycles. The molecular weight excluding hydrogens is 260 g/mol. The monoisotopic (exact) mass is 276 g/mol. The third kappa shape index (κ3) is 3.36. The molecule has 0 saturated carbocycles. The van der Waals surface area contributed by atoms with Crippen molar-refractivity contribution in [3.05, 3.63) is 51.8 Å². The predicted molar refractivity (Wildman–Crippen MR) is 78.1 cm³/mol. The molecule has 2 aromatic rings. The van der Waals surface area contributed by atoms with Crippen LogP contribution in [0.25, 0.3) is 0 Å². The lowest BCUT2D eigenvalue weighted by Gasteiger charge is -2.16. The molecule has 0 fully saturated rings. The Morgan fingerprint density at radius 1 is 1.42 bits per heavy atom. The maximum Gasteiger partial charge on any atom is 0.253 e. The van der Waals surface area contributed by atoms with E-state index in [-0.39, 0.29) is 16.6 Å². The normalized spacial score (nSPS) is 12.3. The fraction of sp³-hybridized carbons (Fsp3) is 0.231. The van der Waals surface area contributed by atoms with Crippen molar-refractivity contribution in [1.82, 2.24) is 9.97 Å². The predicted octanol–water partition coefficient (Wildman–Crippen LogP) is 1.45. The van der Waals surface area contributed by atoms with Gasteiger partial charge >= 0.3 is 0 Å². The van der Waals surface area contributed by atoms with Crippen LogP contribution in [0.2, 0.25) is 0 Å². The molecule has 0 radical (unpaired) electrons. The van der Waals surface area contributed by atoms with Gasteiger partial charge in [0.2, 0.25) is 0 Å². The number of aromatic amines is 1. The van der Waals surface area contributed by atoms with Gasteiger partial charge in [-0.05, 0) is 18.1 Å². The summed E-state index contributed by atoms with van der Waals surface area (Å²) in [4.78, 5) is 18.1. The number of nitrogens with zero attached hydrogens (tertiary/aromatic N) is 1. The van der Waals surface area contributed by atoms with Crippen molar-refractivity contribution in [2.75, 3.05) is 12.3 Å². The van der Waals surface area contributed by atoms with Crippen molar-refractivity contribution in [2.24, 2.45) is 5.73 Å². The zero-order valence-corrected chi connectivity index (χ0v) is 11.4. The molecule has 0 amide bonds. The largest absolute Gasteiger partial charge is 0.383 e. The molecule has 19 heavy (non-hydrogen) atoms. The molecule has 0 spiro atoms. The average Bonchev–Trinajstić information content (AvgIpc) is 2.36. The summed E-state index contributed by atoms with van der Waals surface area (Å²) >= 11 is 1.41. The number of benzene rings is 1. The van der Waals surface area contributed by atoms with E-state index < -0.39 is 0 Å². The van der Waals surface area contributed by atoms with E-state index in [2.05, 4.69) is 9.97 Å². The Kier molecular flexibility index (Phi) is 4.24.